The Labute approximate surface area is 99.4 Å². The van der Waals surface area contributed by atoms with Crippen molar-refractivity contribution in [2.45, 2.75) is 26.3 Å². The summed E-state index contributed by atoms with van der Waals surface area (Å²) in [5, 5.41) is 7.10. The van der Waals surface area contributed by atoms with Crippen molar-refractivity contribution in [3.63, 3.8) is 0 Å². The van der Waals surface area contributed by atoms with Crippen molar-refractivity contribution in [3.8, 4) is 11.4 Å². The van der Waals surface area contributed by atoms with Gasteiger partial charge in [-0.2, -0.15) is 5.10 Å². The van der Waals surface area contributed by atoms with E-state index in [9.17, 15) is 0 Å². The maximum Gasteiger partial charge on any atom is 0.195 e. The van der Waals surface area contributed by atoms with Gasteiger partial charge in [0.25, 0.3) is 0 Å². The Morgan fingerprint density at radius 2 is 2.12 bits per heavy atom. The third-order valence-electron chi connectivity index (χ3n) is 2.43. The van der Waals surface area contributed by atoms with Crippen LogP contribution in [0.25, 0.3) is 11.4 Å². The Hall–Kier alpha value is -1.49. The van der Waals surface area contributed by atoms with Gasteiger partial charge in [0.2, 0.25) is 0 Å². The molecule has 5 heteroatoms. The smallest absolute Gasteiger partial charge is 0.195 e. The van der Waals surface area contributed by atoms with Crippen molar-refractivity contribution in [2.24, 2.45) is 0 Å². The maximum atomic E-state index is 5.22. The zero-order valence-electron chi connectivity index (χ0n) is 9.18. The SMILES string of the molecule is CCCCn1c(-c2ccncc2)n[nH]c1=S. The van der Waals surface area contributed by atoms with Crippen molar-refractivity contribution in [2.75, 3.05) is 0 Å². The van der Waals surface area contributed by atoms with Gasteiger partial charge >= 0.3 is 0 Å². The first-order valence-electron chi connectivity index (χ1n) is 5.38. The fourth-order valence-electron chi connectivity index (χ4n) is 1.56. The highest BCUT2D eigenvalue weighted by atomic mass is 32.1. The number of nitrogens with one attached hydrogen (secondary N) is 1. The van der Waals surface area contributed by atoms with E-state index in [1.54, 1.807) is 12.4 Å². The number of hydrogen-bond acceptors (Lipinski definition) is 3. The van der Waals surface area contributed by atoms with Crippen LogP contribution < -0.4 is 0 Å². The van der Waals surface area contributed by atoms with Gasteiger partial charge < -0.3 is 4.57 Å². The van der Waals surface area contributed by atoms with Crippen LogP contribution in [-0.2, 0) is 6.54 Å². The molecule has 1 N–H and O–H groups in total. The minimum Gasteiger partial charge on any atom is -0.300 e. The van der Waals surface area contributed by atoms with E-state index in [2.05, 4.69) is 22.1 Å². The van der Waals surface area contributed by atoms with Crippen LogP contribution in [0, 0.1) is 4.77 Å². The summed E-state index contributed by atoms with van der Waals surface area (Å²) in [5.74, 6) is 0.890. The Morgan fingerprint density at radius 3 is 2.81 bits per heavy atom. The quantitative estimate of drug-likeness (QED) is 0.827. The van der Waals surface area contributed by atoms with Crippen LogP contribution in [0.2, 0.25) is 0 Å². The number of H-pyrrole nitrogens is 1. The molecule has 0 spiro atoms. The molecule has 0 saturated carbocycles. The highest BCUT2D eigenvalue weighted by molar-refractivity contribution is 7.71. The summed E-state index contributed by atoms with van der Waals surface area (Å²) in [7, 11) is 0. The fourth-order valence-corrected chi connectivity index (χ4v) is 1.79. The van der Waals surface area contributed by atoms with Crippen LogP contribution >= 0.6 is 12.2 Å². The van der Waals surface area contributed by atoms with Crippen LogP contribution in [0.15, 0.2) is 24.5 Å². The van der Waals surface area contributed by atoms with Gasteiger partial charge in [0, 0.05) is 24.5 Å². The summed E-state index contributed by atoms with van der Waals surface area (Å²) < 4.78 is 2.72. The lowest BCUT2D eigenvalue weighted by atomic mass is 10.2. The van der Waals surface area contributed by atoms with E-state index in [0.29, 0.717) is 4.77 Å². The molecule has 0 aliphatic carbocycles. The molecule has 2 rings (SSSR count). The van der Waals surface area contributed by atoms with Gasteiger partial charge in [0.05, 0.1) is 0 Å². The summed E-state index contributed by atoms with van der Waals surface area (Å²) in [6, 6.07) is 3.88. The molecule has 0 unspecified atom stereocenters. The second kappa shape index (κ2) is 5.03. The average Bonchev–Trinajstić information content (AvgIpc) is 2.69. The van der Waals surface area contributed by atoms with Crippen LogP contribution in [0.1, 0.15) is 19.8 Å². The van der Waals surface area contributed by atoms with Gasteiger partial charge in [-0.3, -0.25) is 10.1 Å². The standard InChI is InChI=1S/C11H14N4S/c1-2-3-8-15-10(13-14-11(15)16)9-4-6-12-7-5-9/h4-7H,2-3,8H2,1H3,(H,14,16). The Kier molecular flexibility index (Phi) is 3.46. The van der Waals surface area contributed by atoms with Crippen molar-refractivity contribution in [1.29, 1.82) is 0 Å². The molecule has 0 saturated heterocycles. The van der Waals surface area contributed by atoms with Gasteiger partial charge in [-0.25, -0.2) is 0 Å². The third kappa shape index (κ3) is 2.19. The van der Waals surface area contributed by atoms with Gasteiger partial charge in [0.1, 0.15) is 0 Å². The second-order valence-electron chi connectivity index (χ2n) is 3.59. The lowest BCUT2D eigenvalue weighted by molar-refractivity contribution is 0.629. The largest absolute Gasteiger partial charge is 0.300 e. The Balaban J connectivity index is 2.38. The normalized spacial score (nSPS) is 10.6. The zero-order valence-corrected chi connectivity index (χ0v) is 10.00. The molecule has 0 aromatic carbocycles. The molecule has 4 nitrogen and oxygen atoms in total. The first-order valence-corrected chi connectivity index (χ1v) is 5.79. The third-order valence-corrected chi connectivity index (χ3v) is 2.74. The van der Waals surface area contributed by atoms with E-state index in [0.717, 1.165) is 30.8 Å². The van der Waals surface area contributed by atoms with Crippen molar-refractivity contribution in [3.05, 3.63) is 29.3 Å². The highest BCUT2D eigenvalue weighted by Gasteiger charge is 2.07. The molecule has 0 aliphatic rings. The van der Waals surface area contributed by atoms with Gasteiger partial charge in [-0.1, -0.05) is 13.3 Å². The van der Waals surface area contributed by atoms with E-state index in [1.165, 1.54) is 0 Å². The van der Waals surface area contributed by atoms with Crippen LogP contribution in [0.5, 0.6) is 0 Å². The fraction of sp³-hybridized carbons (Fsp3) is 0.364. The lowest BCUT2D eigenvalue weighted by Gasteiger charge is -2.05. The molecular weight excluding hydrogens is 220 g/mol. The number of aromatic nitrogens is 4. The van der Waals surface area contributed by atoms with Crippen LogP contribution in [0.3, 0.4) is 0 Å². The molecule has 2 heterocycles. The molecule has 0 atom stereocenters. The van der Waals surface area contributed by atoms with Crippen LogP contribution in [0.4, 0.5) is 0 Å². The lowest BCUT2D eigenvalue weighted by Crippen LogP contribution is -2.00. The summed E-state index contributed by atoms with van der Waals surface area (Å²) >= 11 is 5.22. The molecule has 0 amide bonds. The summed E-state index contributed by atoms with van der Waals surface area (Å²) in [6.07, 6.45) is 5.77. The van der Waals surface area contributed by atoms with E-state index in [1.807, 2.05) is 16.7 Å². The Bertz CT molecular complexity index is 500. The molecule has 84 valence electrons. The van der Waals surface area contributed by atoms with Gasteiger partial charge in [-0.05, 0) is 30.8 Å². The summed E-state index contributed by atoms with van der Waals surface area (Å²) in [5.41, 5.74) is 1.04. The summed E-state index contributed by atoms with van der Waals surface area (Å²) in [6.45, 7) is 3.07. The van der Waals surface area contributed by atoms with Crippen molar-refractivity contribution >= 4 is 12.2 Å². The number of nitrogens with zero attached hydrogens (tertiary/aromatic N) is 3. The average molecular weight is 234 g/mol. The molecule has 0 radical (unpaired) electrons. The van der Waals surface area contributed by atoms with Gasteiger partial charge in [-0.15, -0.1) is 0 Å². The van der Waals surface area contributed by atoms with Crippen molar-refractivity contribution in [1.82, 2.24) is 19.7 Å². The summed E-state index contributed by atoms with van der Waals surface area (Å²) in [4.78, 5) is 4.00. The molecule has 0 bridgehead atoms. The number of aromatic amines is 1. The Morgan fingerprint density at radius 1 is 1.38 bits per heavy atom. The topological polar surface area (TPSA) is 46.5 Å². The number of unbranched alkanes of at least 4 members (excludes halogenated alkanes) is 1. The molecular formula is C11H14N4S. The highest BCUT2D eigenvalue weighted by Crippen LogP contribution is 2.16. The molecule has 0 aliphatic heterocycles. The second-order valence-corrected chi connectivity index (χ2v) is 3.98. The minimum atomic E-state index is 0.681. The molecule has 2 aromatic heterocycles. The molecule has 16 heavy (non-hydrogen) atoms. The van der Waals surface area contributed by atoms with Crippen molar-refractivity contribution < 1.29 is 0 Å². The monoisotopic (exact) mass is 234 g/mol. The van der Waals surface area contributed by atoms with Crippen LogP contribution in [-0.4, -0.2) is 19.7 Å². The number of rotatable bonds is 4. The molecule has 2 aromatic rings. The molecule has 0 fully saturated rings. The predicted octanol–water partition coefficient (Wildman–Crippen LogP) is 2.80. The number of hydrogen-bond donors (Lipinski definition) is 1. The van der Waals surface area contributed by atoms with Gasteiger partial charge in [0.15, 0.2) is 10.6 Å². The minimum absolute atomic E-state index is 0.681. The van der Waals surface area contributed by atoms with E-state index >= 15 is 0 Å². The first kappa shape index (κ1) is 11.0. The van der Waals surface area contributed by atoms with E-state index < -0.39 is 0 Å². The maximum absolute atomic E-state index is 5.22. The zero-order chi connectivity index (χ0) is 11.4. The predicted molar refractivity (Wildman–Crippen MR) is 65.6 cm³/mol. The number of pyridine rings is 1. The van der Waals surface area contributed by atoms with E-state index in [4.69, 9.17) is 12.2 Å². The van der Waals surface area contributed by atoms with E-state index in [-0.39, 0.29) is 0 Å². The first-order chi connectivity index (χ1) is 7.83.